The zero-order chi connectivity index (χ0) is 24.2. The molecule has 0 bridgehead atoms. The molecule has 2 saturated heterocycles. The number of aryl methyl sites for hydroxylation is 1. The van der Waals surface area contributed by atoms with Gasteiger partial charge in [-0.2, -0.15) is 0 Å². The molecule has 4 rings (SSSR count). The molecule has 2 aliphatic heterocycles. The first-order valence-electron chi connectivity index (χ1n) is 12.8. The van der Waals surface area contributed by atoms with E-state index in [-0.39, 0.29) is 11.6 Å². The molecule has 5 heteroatoms. The van der Waals surface area contributed by atoms with Crippen LogP contribution in [0.1, 0.15) is 56.2 Å². The average molecular weight is 467 g/mol. The third-order valence-corrected chi connectivity index (χ3v) is 7.64. The first-order valence-corrected chi connectivity index (χ1v) is 12.8. The minimum atomic E-state index is -0.795. The van der Waals surface area contributed by atoms with Crippen molar-refractivity contribution < 1.29 is 14.6 Å². The highest BCUT2D eigenvalue weighted by Crippen LogP contribution is 2.40. The number of hydrogen-bond acceptors (Lipinski definition) is 5. The van der Waals surface area contributed by atoms with Crippen LogP contribution in [0, 0.1) is 0 Å². The van der Waals surface area contributed by atoms with Gasteiger partial charge in [-0.1, -0.05) is 55.8 Å². The van der Waals surface area contributed by atoms with E-state index in [1.165, 1.54) is 16.7 Å². The van der Waals surface area contributed by atoms with Gasteiger partial charge >= 0.3 is 0 Å². The van der Waals surface area contributed by atoms with Gasteiger partial charge in [0.2, 0.25) is 0 Å². The quantitative estimate of drug-likeness (QED) is 0.613. The van der Waals surface area contributed by atoms with Crippen molar-refractivity contribution in [3.63, 3.8) is 0 Å². The van der Waals surface area contributed by atoms with Gasteiger partial charge in [-0.3, -0.25) is 4.90 Å². The largest absolute Gasteiger partial charge is 0.489 e. The highest BCUT2D eigenvalue weighted by Gasteiger charge is 2.49. The van der Waals surface area contributed by atoms with Crippen LogP contribution >= 0.6 is 0 Å². The van der Waals surface area contributed by atoms with Crippen LogP contribution in [0.2, 0.25) is 0 Å². The van der Waals surface area contributed by atoms with Crippen LogP contribution in [0.25, 0.3) is 0 Å². The molecule has 2 aromatic carbocycles. The molecule has 2 fully saturated rings. The summed E-state index contributed by atoms with van der Waals surface area (Å²) in [5.41, 5.74) is 2.93. The predicted molar refractivity (Wildman–Crippen MR) is 137 cm³/mol. The number of likely N-dealkylation sites (tertiary alicyclic amines) is 1. The lowest BCUT2D eigenvalue weighted by Crippen LogP contribution is -2.62. The van der Waals surface area contributed by atoms with E-state index in [0.717, 1.165) is 57.5 Å². The summed E-state index contributed by atoms with van der Waals surface area (Å²) in [6, 6.07) is 17.2. The van der Waals surface area contributed by atoms with Gasteiger partial charge in [0.1, 0.15) is 18.0 Å². The summed E-state index contributed by atoms with van der Waals surface area (Å²) in [5.74, 6) is 0.988. The van der Waals surface area contributed by atoms with Crippen LogP contribution in [-0.4, -0.2) is 65.9 Å². The Morgan fingerprint density at radius 2 is 1.82 bits per heavy atom. The predicted octanol–water partition coefficient (Wildman–Crippen LogP) is 4.65. The summed E-state index contributed by atoms with van der Waals surface area (Å²) in [7, 11) is 4.13. The summed E-state index contributed by atoms with van der Waals surface area (Å²) in [4.78, 5) is 4.69. The highest BCUT2D eigenvalue weighted by atomic mass is 16.5. The Kier molecular flexibility index (Phi) is 7.98. The van der Waals surface area contributed by atoms with E-state index in [1.54, 1.807) is 0 Å². The number of ether oxygens (including phenoxy) is 2. The SMILES string of the molecule is CCCc1ccc(OCc2ccccc2)c(CN2CCC3(CC2)C[C@H](N(C)C)[C@@](C)(O)CO3)c1. The second kappa shape index (κ2) is 10.8. The van der Waals surface area contributed by atoms with Crippen molar-refractivity contribution in [2.24, 2.45) is 0 Å². The van der Waals surface area contributed by atoms with Crippen molar-refractivity contribution >= 4 is 0 Å². The number of aliphatic hydroxyl groups is 1. The zero-order valence-electron chi connectivity index (χ0n) is 21.4. The molecule has 2 aromatic rings. The van der Waals surface area contributed by atoms with E-state index >= 15 is 0 Å². The van der Waals surface area contributed by atoms with E-state index < -0.39 is 5.60 Å². The van der Waals surface area contributed by atoms with E-state index in [1.807, 2.05) is 13.0 Å². The highest BCUT2D eigenvalue weighted by molar-refractivity contribution is 5.38. The molecule has 2 atom stereocenters. The summed E-state index contributed by atoms with van der Waals surface area (Å²) in [5, 5.41) is 10.8. The topological polar surface area (TPSA) is 45.2 Å². The monoisotopic (exact) mass is 466 g/mol. The number of hydrogen-bond donors (Lipinski definition) is 1. The maximum absolute atomic E-state index is 10.8. The van der Waals surface area contributed by atoms with Gasteiger partial charge in [-0.25, -0.2) is 0 Å². The average Bonchev–Trinajstić information content (AvgIpc) is 2.82. The van der Waals surface area contributed by atoms with Crippen molar-refractivity contribution in [3.05, 3.63) is 65.2 Å². The fourth-order valence-corrected chi connectivity index (χ4v) is 5.55. The fraction of sp³-hybridized carbons (Fsp3) is 0.586. The van der Waals surface area contributed by atoms with Crippen LogP contribution in [0.5, 0.6) is 5.75 Å². The van der Waals surface area contributed by atoms with E-state index in [2.05, 4.69) is 73.3 Å². The maximum atomic E-state index is 10.8. The van der Waals surface area contributed by atoms with Crippen LogP contribution in [0.3, 0.4) is 0 Å². The Hall–Kier alpha value is -1.92. The van der Waals surface area contributed by atoms with Gasteiger partial charge in [0.15, 0.2) is 0 Å². The van der Waals surface area contributed by atoms with E-state index in [9.17, 15) is 5.11 Å². The third kappa shape index (κ3) is 6.01. The first kappa shape index (κ1) is 25.2. The van der Waals surface area contributed by atoms with Crippen molar-refractivity contribution in [1.29, 1.82) is 0 Å². The molecule has 34 heavy (non-hydrogen) atoms. The van der Waals surface area contributed by atoms with Crippen molar-refractivity contribution in [1.82, 2.24) is 9.80 Å². The number of rotatable bonds is 8. The summed E-state index contributed by atoms with van der Waals surface area (Å²) < 4.78 is 12.6. The molecule has 2 aliphatic rings. The zero-order valence-corrected chi connectivity index (χ0v) is 21.4. The van der Waals surface area contributed by atoms with Gasteiger partial charge in [-0.15, -0.1) is 0 Å². The lowest BCUT2D eigenvalue weighted by Gasteiger charge is -2.52. The Morgan fingerprint density at radius 3 is 2.50 bits per heavy atom. The van der Waals surface area contributed by atoms with Crippen LogP contribution in [0.15, 0.2) is 48.5 Å². The number of nitrogens with zero attached hydrogens (tertiary/aromatic N) is 2. The molecule has 1 N–H and O–H groups in total. The van der Waals surface area contributed by atoms with Crippen LogP contribution in [-0.2, 0) is 24.3 Å². The molecule has 2 heterocycles. The molecule has 0 amide bonds. The van der Waals surface area contributed by atoms with Gasteiger partial charge in [0.25, 0.3) is 0 Å². The molecule has 5 nitrogen and oxygen atoms in total. The maximum Gasteiger partial charge on any atom is 0.124 e. The molecule has 1 spiro atoms. The van der Waals surface area contributed by atoms with Gasteiger partial charge in [-0.05, 0) is 63.9 Å². The van der Waals surface area contributed by atoms with Crippen LogP contribution in [0.4, 0.5) is 0 Å². The Balaban J connectivity index is 1.42. The molecule has 0 aliphatic carbocycles. The molecule has 0 aromatic heterocycles. The van der Waals surface area contributed by atoms with Gasteiger partial charge in [0.05, 0.1) is 12.2 Å². The third-order valence-electron chi connectivity index (χ3n) is 7.64. The lowest BCUT2D eigenvalue weighted by molar-refractivity contribution is -0.207. The molecule has 186 valence electrons. The summed E-state index contributed by atoms with van der Waals surface area (Å²) in [6.45, 7) is 8.02. The fourth-order valence-electron chi connectivity index (χ4n) is 5.55. The Bertz CT molecular complexity index is 920. The first-order chi connectivity index (χ1) is 16.3. The molecular formula is C29H42N2O3. The number of likely N-dealkylation sites (N-methyl/N-ethyl adjacent to an activating group) is 1. The Morgan fingerprint density at radius 1 is 1.09 bits per heavy atom. The molecule has 0 radical (unpaired) electrons. The second-order valence-corrected chi connectivity index (χ2v) is 10.8. The van der Waals surface area contributed by atoms with E-state index in [0.29, 0.717) is 13.2 Å². The number of piperidine rings is 1. The molecule has 0 saturated carbocycles. The lowest BCUT2D eigenvalue weighted by atomic mass is 9.77. The van der Waals surface area contributed by atoms with Gasteiger partial charge < -0.3 is 19.5 Å². The molecule has 0 unspecified atom stereocenters. The van der Waals surface area contributed by atoms with Crippen LogP contribution < -0.4 is 4.74 Å². The molecular weight excluding hydrogens is 424 g/mol. The number of benzene rings is 2. The van der Waals surface area contributed by atoms with Crippen molar-refractivity contribution in [3.8, 4) is 5.75 Å². The smallest absolute Gasteiger partial charge is 0.124 e. The minimum absolute atomic E-state index is 0.121. The second-order valence-electron chi connectivity index (χ2n) is 10.8. The minimum Gasteiger partial charge on any atom is -0.489 e. The summed E-state index contributed by atoms with van der Waals surface area (Å²) >= 11 is 0. The van der Waals surface area contributed by atoms with Crippen molar-refractivity contribution in [2.45, 2.75) is 76.3 Å². The standard InChI is InChI=1S/C29H42N2O3/c1-5-9-23-12-13-26(33-21-24-10-7-6-8-11-24)25(18-23)20-31-16-14-29(15-17-31)19-27(30(3)4)28(2,32)22-34-29/h6-8,10-13,18,27,32H,5,9,14-17,19-22H2,1-4H3/t27-,28-/m0/s1. The normalized spacial score (nSPS) is 25.1. The van der Waals surface area contributed by atoms with E-state index in [4.69, 9.17) is 9.47 Å². The van der Waals surface area contributed by atoms with Gasteiger partial charge in [0, 0.05) is 31.2 Å². The van der Waals surface area contributed by atoms with Crippen molar-refractivity contribution in [2.75, 3.05) is 33.8 Å². The Labute approximate surface area is 205 Å². The summed E-state index contributed by atoms with van der Waals surface area (Å²) in [6.07, 6.45) is 5.13.